The van der Waals surface area contributed by atoms with Crippen molar-refractivity contribution in [2.75, 3.05) is 6.61 Å². The molecule has 16 heavy (non-hydrogen) atoms. The van der Waals surface area contributed by atoms with Crippen molar-refractivity contribution in [1.29, 1.82) is 0 Å². The lowest BCUT2D eigenvalue weighted by Crippen LogP contribution is -2.32. The van der Waals surface area contributed by atoms with Gasteiger partial charge in [0, 0.05) is 17.0 Å². The van der Waals surface area contributed by atoms with E-state index in [9.17, 15) is 0 Å². The summed E-state index contributed by atoms with van der Waals surface area (Å²) < 4.78 is 5.54. The minimum Gasteiger partial charge on any atom is -0.378 e. The summed E-state index contributed by atoms with van der Waals surface area (Å²) in [6, 6.07) is 8.04. The van der Waals surface area contributed by atoms with Crippen molar-refractivity contribution in [2.45, 2.75) is 31.9 Å². The molecule has 3 unspecified atom stereocenters. The molecule has 3 heteroatoms. The quantitative estimate of drug-likeness (QED) is 0.880. The van der Waals surface area contributed by atoms with Gasteiger partial charge in [0.05, 0.1) is 12.7 Å². The molecule has 0 aliphatic carbocycles. The molecule has 0 amide bonds. The molecule has 2 N–H and O–H groups in total. The van der Waals surface area contributed by atoms with E-state index in [1.165, 1.54) is 0 Å². The second-order valence-corrected chi connectivity index (χ2v) is 5.01. The minimum absolute atomic E-state index is 0.143. The topological polar surface area (TPSA) is 35.2 Å². The Morgan fingerprint density at radius 2 is 2.25 bits per heavy atom. The molecule has 1 aliphatic heterocycles. The SMILES string of the molecule is CC1CC(C(N)Cc2ccccc2Cl)CO1. The van der Waals surface area contributed by atoms with Crippen LogP contribution < -0.4 is 5.73 Å². The third-order valence-corrected chi connectivity index (χ3v) is 3.62. The fourth-order valence-corrected chi connectivity index (χ4v) is 2.45. The first kappa shape index (κ1) is 11.9. The van der Waals surface area contributed by atoms with Gasteiger partial charge in [-0.05, 0) is 31.4 Å². The van der Waals surface area contributed by atoms with Crippen molar-refractivity contribution in [1.82, 2.24) is 0 Å². The maximum atomic E-state index is 6.20. The van der Waals surface area contributed by atoms with Crippen molar-refractivity contribution in [2.24, 2.45) is 11.7 Å². The summed E-state index contributed by atoms with van der Waals surface area (Å²) >= 11 is 6.12. The molecule has 0 aromatic heterocycles. The van der Waals surface area contributed by atoms with Crippen LogP contribution in [0.1, 0.15) is 18.9 Å². The van der Waals surface area contributed by atoms with Gasteiger partial charge < -0.3 is 10.5 Å². The van der Waals surface area contributed by atoms with Gasteiger partial charge in [-0.1, -0.05) is 29.8 Å². The summed E-state index contributed by atoms with van der Waals surface area (Å²) in [5, 5.41) is 0.810. The zero-order valence-corrected chi connectivity index (χ0v) is 10.3. The summed E-state index contributed by atoms with van der Waals surface area (Å²) in [6.45, 7) is 2.88. The fourth-order valence-electron chi connectivity index (χ4n) is 2.23. The number of hydrogen-bond acceptors (Lipinski definition) is 2. The van der Waals surface area contributed by atoms with Crippen LogP contribution >= 0.6 is 11.6 Å². The van der Waals surface area contributed by atoms with E-state index in [4.69, 9.17) is 22.1 Å². The van der Waals surface area contributed by atoms with E-state index in [0.29, 0.717) is 12.0 Å². The van der Waals surface area contributed by atoms with Gasteiger partial charge in [0.25, 0.3) is 0 Å². The van der Waals surface area contributed by atoms with Crippen LogP contribution in [0.3, 0.4) is 0 Å². The minimum atomic E-state index is 0.143. The lowest BCUT2D eigenvalue weighted by Gasteiger charge is -2.18. The highest BCUT2D eigenvalue weighted by Crippen LogP contribution is 2.25. The van der Waals surface area contributed by atoms with Gasteiger partial charge >= 0.3 is 0 Å². The van der Waals surface area contributed by atoms with Gasteiger partial charge in [-0.2, -0.15) is 0 Å². The zero-order chi connectivity index (χ0) is 11.5. The first-order valence-corrected chi connectivity index (χ1v) is 6.15. The maximum absolute atomic E-state index is 6.20. The molecular weight excluding hydrogens is 222 g/mol. The molecule has 0 bridgehead atoms. The summed E-state index contributed by atoms with van der Waals surface area (Å²) in [5.41, 5.74) is 7.34. The van der Waals surface area contributed by atoms with Crippen LogP contribution in [0, 0.1) is 5.92 Å². The predicted molar refractivity (Wildman–Crippen MR) is 66.7 cm³/mol. The Kier molecular flexibility index (Phi) is 3.85. The second-order valence-electron chi connectivity index (χ2n) is 4.60. The third-order valence-electron chi connectivity index (χ3n) is 3.25. The fraction of sp³-hybridized carbons (Fsp3) is 0.538. The molecule has 1 fully saturated rings. The number of hydrogen-bond donors (Lipinski definition) is 1. The highest BCUT2D eigenvalue weighted by atomic mass is 35.5. The van der Waals surface area contributed by atoms with Crippen LogP contribution in [0.25, 0.3) is 0 Å². The number of benzene rings is 1. The average Bonchev–Trinajstić information content (AvgIpc) is 2.68. The van der Waals surface area contributed by atoms with E-state index < -0.39 is 0 Å². The monoisotopic (exact) mass is 239 g/mol. The molecular formula is C13H18ClNO. The number of rotatable bonds is 3. The molecule has 2 nitrogen and oxygen atoms in total. The molecule has 2 rings (SSSR count). The van der Waals surface area contributed by atoms with E-state index in [2.05, 4.69) is 6.92 Å². The van der Waals surface area contributed by atoms with E-state index in [-0.39, 0.29) is 6.04 Å². The summed E-state index contributed by atoms with van der Waals surface area (Å²) in [6.07, 6.45) is 2.24. The van der Waals surface area contributed by atoms with Crippen LogP contribution in [0.2, 0.25) is 5.02 Å². The van der Waals surface area contributed by atoms with Crippen molar-refractivity contribution >= 4 is 11.6 Å². The Hall–Kier alpha value is -0.570. The zero-order valence-electron chi connectivity index (χ0n) is 9.53. The average molecular weight is 240 g/mol. The highest BCUT2D eigenvalue weighted by Gasteiger charge is 2.27. The van der Waals surface area contributed by atoms with Crippen LogP contribution in [0.4, 0.5) is 0 Å². The van der Waals surface area contributed by atoms with E-state index in [1.807, 2.05) is 24.3 Å². The number of ether oxygens (including phenoxy) is 1. The molecule has 1 aliphatic rings. The smallest absolute Gasteiger partial charge is 0.0551 e. The molecule has 1 aromatic carbocycles. The van der Waals surface area contributed by atoms with Crippen LogP contribution in [0.15, 0.2) is 24.3 Å². The molecule has 0 radical (unpaired) electrons. The first-order valence-electron chi connectivity index (χ1n) is 5.77. The molecule has 1 heterocycles. The second kappa shape index (κ2) is 5.17. The lowest BCUT2D eigenvalue weighted by molar-refractivity contribution is 0.118. The molecule has 3 atom stereocenters. The Labute approximate surface area is 102 Å². The van der Waals surface area contributed by atoms with Crippen LogP contribution in [-0.2, 0) is 11.2 Å². The third kappa shape index (κ3) is 2.76. The van der Waals surface area contributed by atoms with Crippen LogP contribution in [0.5, 0.6) is 0 Å². The maximum Gasteiger partial charge on any atom is 0.0551 e. The van der Waals surface area contributed by atoms with Crippen molar-refractivity contribution in [3.8, 4) is 0 Å². The van der Waals surface area contributed by atoms with E-state index >= 15 is 0 Å². The van der Waals surface area contributed by atoms with E-state index in [0.717, 1.165) is 30.0 Å². The van der Waals surface area contributed by atoms with Crippen molar-refractivity contribution in [3.63, 3.8) is 0 Å². The van der Waals surface area contributed by atoms with Gasteiger partial charge in [0.15, 0.2) is 0 Å². The standard InChI is InChI=1S/C13H18ClNO/c1-9-6-11(8-16-9)13(15)7-10-4-2-3-5-12(10)14/h2-5,9,11,13H,6-8,15H2,1H3. The first-order chi connectivity index (χ1) is 7.66. The molecule has 1 aromatic rings. The summed E-state index contributed by atoms with van der Waals surface area (Å²) in [4.78, 5) is 0. The molecule has 0 spiro atoms. The Balaban J connectivity index is 1.97. The molecule has 0 saturated carbocycles. The van der Waals surface area contributed by atoms with Crippen molar-refractivity contribution < 1.29 is 4.74 Å². The normalized spacial score (nSPS) is 26.9. The van der Waals surface area contributed by atoms with Gasteiger partial charge in [0.2, 0.25) is 0 Å². The highest BCUT2D eigenvalue weighted by molar-refractivity contribution is 6.31. The van der Waals surface area contributed by atoms with Gasteiger partial charge in [-0.3, -0.25) is 0 Å². The van der Waals surface area contributed by atoms with E-state index in [1.54, 1.807) is 0 Å². The summed E-state index contributed by atoms with van der Waals surface area (Å²) in [7, 11) is 0. The Morgan fingerprint density at radius 3 is 2.88 bits per heavy atom. The predicted octanol–water partition coefficient (Wildman–Crippen LogP) is 2.63. The van der Waals surface area contributed by atoms with Gasteiger partial charge in [-0.25, -0.2) is 0 Å². The largest absolute Gasteiger partial charge is 0.378 e. The van der Waals surface area contributed by atoms with Gasteiger partial charge in [0.1, 0.15) is 0 Å². The van der Waals surface area contributed by atoms with Gasteiger partial charge in [-0.15, -0.1) is 0 Å². The summed E-state index contributed by atoms with van der Waals surface area (Å²) in [5.74, 6) is 0.464. The van der Waals surface area contributed by atoms with Crippen LogP contribution in [-0.4, -0.2) is 18.8 Å². The number of halogens is 1. The Morgan fingerprint density at radius 1 is 1.50 bits per heavy atom. The van der Waals surface area contributed by atoms with Crippen molar-refractivity contribution in [3.05, 3.63) is 34.9 Å². The molecule has 88 valence electrons. The lowest BCUT2D eigenvalue weighted by atomic mass is 9.92. The number of nitrogens with two attached hydrogens (primary N) is 1. The molecule has 1 saturated heterocycles. The Bertz CT molecular complexity index is 356.